The van der Waals surface area contributed by atoms with Crippen LogP contribution in [0.25, 0.3) is 0 Å². The van der Waals surface area contributed by atoms with Crippen molar-refractivity contribution in [3.05, 3.63) is 40.6 Å². The van der Waals surface area contributed by atoms with Gasteiger partial charge in [-0.25, -0.2) is 4.98 Å². The van der Waals surface area contributed by atoms with Crippen LogP contribution < -0.4 is 10.2 Å². The smallest absolute Gasteiger partial charge is 0.271 e. The molecule has 0 aromatic carbocycles. The van der Waals surface area contributed by atoms with Crippen molar-refractivity contribution < 1.29 is 9.59 Å². The first-order valence-electron chi connectivity index (χ1n) is 8.04. The molecule has 3 rings (SSSR count). The fourth-order valence-electron chi connectivity index (χ4n) is 2.67. The summed E-state index contributed by atoms with van der Waals surface area (Å²) in [7, 11) is 0. The molecule has 1 fully saturated rings. The van der Waals surface area contributed by atoms with Gasteiger partial charge in [0, 0.05) is 24.0 Å². The number of nitrogens with one attached hydrogen (secondary N) is 1. The Morgan fingerprint density at radius 3 is 2.96 bits per heavy atom. The lowest BCUT2D eigenvalue weighted by Crippen LogP contribution is -2.52. The Labute approximate surface area is 144 Å². The minimum atomic E-state index is -0.518. The predicted molar refractivity (Wildman–Crippen MR) is 93.3 cm³/mol. The van der Waals surface area contributed by atoms with E-state index in [0.717, 1.165) is 17.1 Å². The van der Waals surface area contributed by atoms with E-state index in [9.17, 15) is 9.59 Å². The van der Waals surface area contributed by atoms with Crippen LogP contribution in [0.1, 0.15) is 48.1 Å². The van der Waals surface area contributed by atoms with Gasteiger partial charge in [0.15, 0.2) is 0 Å². The number of carbonyl (C=O) groups excluding carboxylic acids is 2. The highest BCUT2D eigenvalue weighted by atomic mass is 32.1. The molecule has 2 amide bonds. The molecule has 2 aromatic heterocycles. The summed E-state index contributed by atoms with van der Waals surface area (Å²) in [5, 5.41) is 5.50. The van der Waals surface area contributed by atoms with Crippen molar-refractivity contribution in [2.24, 2.45) is 0 Å². The number of aromatic nitrogens is 2. The Hall–Kier alpha value is -2.28. The van der Waals surface area contributed by atoms with E-state index < -0.39 is 6.04 Å². The van der Waals surface area contributed by atoms with Gasteiger partial charge < -0.3 is 10.2 Å². The summed E-state index contributed by atoms with van der Waals surface area (Å²) >= 11 is 1.47. The molecule has 3 heterocycles. The van der Waals surface area contributed by atoms with E-state index in [1.165, 1.54) is 11.3 Å². The number of amides is 2. The second-order valence-electron chi connectivity index (χ2n) is 6.10. The van der Waals surface area contributed by atoms with Crippen molar-refractivity contribution in [3.8, 4) is 0 Å². The molecular weight excluding hydrogens is 324 g/mol. The Bertz CT molecular complexity index is 729. The van der Waals surface area contributed by atoms with Gasteiger partial charge in [-0.2, -0.15) is 0 Å². The van der Waals surface area contributed by atoms with E-state index in [0.29, 0.717) is 18.7 Å². The van der Waals surface area contributed by atoms with Crippen molar-refractivity contribution in [1.82, 2.24) is 15.3 Å². The van der Waals surface area contributed by atoms with Crippen LogP contribution in [-0.4, -0.2) is 34.4 Å². The normalized spacial score (nSPS) is 18.0. The van der Waals surface area contributed by atoms with Crippen molar-refractivity contribution in [2.45, 2.75) is 38.6 Å². The van der Waals surface area contributed by atoms with Crippen LogP contribution >= 0.6 is 11.3 Å². The van der Waals surface area contributed by atoms with E-state index in [2.05, 4.69) is 15.3 Å². The topological polar surface area (TPSA) is 75.2 Å². The second-order valence-corrected chi connectivity index (χ2v) is 6.98. The molecule has 1 saturated heterocycles. The zero-order valence-electron chi connectivity index (χ0n) is 13.7. The largest absolute Gasteiger partial charge is 0.339 e. The van der Waals surface area contributed by atoms with Gasteiger partial charge >= 0.3 is 0 Å². The molecule has 2 aromatic rings. The van der Waals surface area contributed by atoms with E-state index in [1.807, 2.05) is 19.9 Å². The fraction of sp³-hybridized carbons (Fsp3) is 0.412. The van der Waals surface area contributed by atoms with Crippen molar-refractivity contribution >= 4 is 28.8 Å². The molecule has 0 spiro atoms. The highest BCUT2D eigenvalue weighted by molar-refractivity contribution is 7.09. The number of hydrogen-bond acceptors (Lipinski definition) is 5. The number of carbonyl (C=O) groups is 2. The summed E-state index contributed by atoms with van der Waals surface area (Å²) in [5.41, 5.74) is 1.15. The summed E-state index contributed by atoms with van der Waals surface area (Å²) < 4.78 is 0. The van der Waals surface area contributed by atoms with E-state index >= 15 is 0 Å². The molecule has 0 unspecified atom stereocenters. The number of thiazole rings is 1. The van der Waals surface area contributed by atoms with Gasteiger partial charge in [-0.15, -0.1) is 11.3 Å². The van der Waals surface area contributed by atoms with Crippen LogP contribution in [0.2, 0.25) is 0 Å². The summed E-state index contributed by atoms with van der Waals surface area (Å²) in [5.74, 6) is -0.0969. The molecule has 1 N–H and O–H groups in total. The first kappa shape index (κ1) is 16.6. The van der Waals surface area contributed by atoms with Crippen molar-refractivity contribution in [2.75, 3.05) is 11.4 Å². The molecule has 1 atom stereocenters. The van der Waals surface area contributed by atoms with Crippen LogP contribution in [0, 0.1) is 0 Å². The number of anilines is 1. The maximum absolute atomic E-state index is 12.7. The van der Waals surface area contributed by atoms with E-state index in [4.69, 9.17) is 0 Å². The van der Waals surface area contributed by atoms with E-state index in [-0.39, 0.29) is 17.7 Å². The minimum absolute atomic E-state index is 0.0955. The molecule has 0 aliphatic carbocycles. The first-order valence-corrected chi connectivity index (χ1v) is 8.92. The first-order chi connectivity index (χ1) is 11.6. The van der Waals surface area contributed by atoms with Gasteiger partial charge in [0.1, 0.15) is 11.7 Å². The number of rotatable bonds is 4. The van der Waals surface area contributed by atoms with Gasteiger partial charge in [0.25, 0.3) is 5.91 Å². The Balaban J connectivity index is 1.70. The van der Waals surface area contributed by atoms with Crippen LogP contribution in [0.15, 0.2) is 29.9 Å². The van der Waals surface area contributed by atoms with Crippen LogP contribution in [0.4, 0.5) is 5.69 Å². The molecule has 1 aliphatic rings. The Morgan fingerprint density at radius 2 is 2.29 bits per heavy atom. The highest BCUT2D eigenvalue weighted by Crippen LogP contribution is 2.21. The molecule has 126 valence electrons. The summed E-state index contributed by atoms with van der Waals surface area (Å²) in [6, 6.07) is 3.13. The summed E-state index contributed by atoms with van der Waals surface area (Å²) in [6.45, 7) is 4.72. The van der Waals surface area contributed by atoms with Crippen molar-refractivity contribution in [3.63, 3.8) is 0 Å². The molecule has 7 heteroatoms. The predicted octanol–water partition coefficient (Wildman–Crippen LogP) is 2.59. The molecule has 1 aliphatic heterocycles. The van der Waals surface area contributed by atoms with Crippen molar-refractivity contribution in [1.29, 1.82) is 0 Å². The van der Waals surface area contributed by atoms with Crippen LogP contribution in [0.5, 0.6) is 0 Å². The van der Waals surface area contributed by atoms with Crippen LogP contribution in [0.3, 0.4) is 0 Å². The van der Waals surface area contributed by atoms with Crippen LogP contribution in [-0.2, 0) is 4.79 Å². The average molecular weight is 344 g/mol. The van der Waals surface area contributed by atoms with E-state index in [1.54, 1.807) is 28.7 Å². The lowest BCUT2D eigenvalue weighted by atomic mass is 10.0. The number of piperidine rings is 1. The van der Waals surface area contributed by atoms with Gasteiger partial charge in [-0.1, -0.05) is 13.8 Å². The molecule has 0 saturated carbocycles. The monoisotopic (exact) mass is 344 g/mol. The van der Waals surface area contributed by atoms with Gasteiger partial charge in [0.2, 0.25) is 5.91 Å². The fourth-order valence-corrected chi connectivity index (χ4v) is 3.48. The maximum Gasteiger partial charge on any atom is 0.271 e. The molecule has 6 nitrogen and oxygen atoms in total. The molecular formula is C17H20N4O2S. The lowest BCUT2D eigenvalue weighted by Gasteiger charge is -2.32. The molecule has 24 heavy (non-hydrogen) atoms. The van der Waals surface area contributed by atoms with Gasteiger partial charge in [-0.3, -0.25) is 14.6 Å². The zero-order valence-corrected chi connectivity index (χ0v) is 14.5. The summed E-state index contributed by atoms with van der Waals surface area (Å²) in [4.78, 5) is 35.1. The average Bonchev–Trinajstić information content (AvgIpc) is 3.08. The Kier molecular flexibility index (Phi) is 4.89. The van der Waals surface area contributed by atoms with Gasteiger partial charge in [0.05, 0.1) is 16.9 Å². The Morgan fingerprint density at radius 1 is 1.46 bits per heavy atom. The second kappa shape index (κ2) is 7.09. The lowest BCUT2D eigenvalue weighted by molar-refractivity contribution is -0.121. The number of pyridine rings is 1. The molecule has 0 bridgehead atoms. The summed E-state index contributed by atoms with van der Waals surface area (Å²) in [6.07, 6.45) is 4.81. The zero-order chi connectivity index (χ0) is 17.1. The highest BCUT2D eigenvalue weighted by Gasteiger charge is 2.31. The van der Waals surface area contributed by atoms with Gasteiger partial charge in [-0.05, 0) is 25.0 Å². The minimum Gasteiger partial charge on any atom is -0.339 e. The third-order valence-corrected chi connectivity index (χ3v) is 5.10. The third-order valence-electron chi connectivity index (χ3n) is 3.95. The molecule has 0 radical (unpaired) electrons. The SMILES string of the molecule is CC(C)c1nc(C(=O)N[C@@H]2CCCN(c3cccnc3)C2=O)cs1. The standard InChI is InChI=1S/C17H20N4O2S/c1-11(2)16-20-14(10-24-16)15(22)19-13-6-4-8-21(17(13)23)12-5-3-7-18-9-12/h3,5,7,9-11,13H,4,6,8H2,1-2H3,(H,19,22)/t13-/m1/s1. The number of hydrogen-bond donors (Lipinski definition) is 1. The maximum atomic E-state index is 12.7. The number of nitrogens with zero attached hydrogens (tertiary/aromatic N) is 3. The quantitative estimate of drug-likeness (QED) is 0.925. The third kappa shape index (κ3) is 3.46.